The normalized spacial score (nSPS) is 12.9. The van der Waals surface area contributed by atoms with E-state index in [1.807, 2.05) is 37.3 Å². The summed E-state index contributed by atoms with van der Waals surface area (Å²) in [5.74, 6) is 0. The zero-order chi connectivity index (χ0) is 11.4. The van der Waals surface area contributed by atoms with Crippen molar-refractivity contribution in [2.75, 3.05) is 13.2 Å². The lowest BCUT2D eigenvalue weighted by Gasteiger charge is -2.11. The lowest BCUT2D eigenvalue weighted by Crippen LogP contribution is -2.06. The number of ether oxygens (including phenoxy) is 1. The molecule has 16 heavy (non-hydrogen) atoms. The third-order valence-corrected chi connectivity index (χ3v) is 2.49. The summed E-state index contributed by atoms with van der Waals surface area (Å²) in [6, 6.07) is 9.68. The van der Waals surface area contributed by atoms with Gasteiger partial charge in [-0.15, -0.1) is 0 Å². The van der Waals surface area contributed by atoms with E-state index in [2.05, 4.69) is 4.98 Å². The van der Waals surface area contributed by atoms with Gasteiger partial charge in [-0.2, -0.15) is 0 Å². The van der Waals surface area contributed by atoms with Crippen molar-refractivity contribution in [2.24, 2.45) is 0 Å². The minimum atomic E-state index is -0.577. The third-order valence-electron chi connectivity index (χ3n) is 2.49. The molecule has 3 heteroatoms. The number of nitrogens with zero attached hydrogens (tertiary/aromatic N) is 1. The lowest BCUT2D eigenvalue weighted by atomic mass is 10.1. The maximum atomic E-state index is 9.86. The van der Waals surface area contributed by atoms with Gasteiger partial charge in [-0.05, 0) is 24.6 Å². The van der Waals surface area contributed by atoms with Crippen LogP contribution < -0.4 is 0 Å². The monoisotopic (exact) mass is 217 g/mol. The fourth-order valence-electron chi connectivity index (χ4n) is 1.62. The van der Waals surface area contributed by atoms with Crippen LogP contribution in [0, 0.1) is 0 Å². The standard InChI is InChI=1S/C13H15NO2/c1-2-16-9-13(15)11-6-5-10-4-3-7-14-12(10)8-11/h3-8,13,15H,2,9H2,1H3. The van der Waals surface area contributed by atoms with Gasteiger partial charge in [-0.25, -0.2) is 0 Å². The molecule has 0 aliphatic carbocycles. The first kappa shape index (κ1) is 11.0. The van der Waals surface area contributed by atoms with Crippen molar-refractivity contribution >= 4 is 10.9 Å². The quantitative estimate of drug-likeness (QED) is 0.854. The number of hydrogen-bond donors (Lipinski definition) is 1. The predicted octanol–water partition coefficient (Wildman–Crippen LogP) is 2.30. The van der Waals surface area contributed by atoms with Crippen LogP contribution in [0.1, 0.15) is 18.6 Å². The second-order valence-electron chi connectivity index (χ2n) is 3.63. The SMILES string of the molecule is CCOCC(O)c1ccc2cccnc2c1. The van der Waals surface area contributed by atoms with Crippen molar-refractivity contribution in [2.45, 2.75) is 13.0 Å². The van der Waals surface area contributed by atoms with Gasteiger partial charge in [0, 0.05) is 18.2 Å². The van der Waals surface area contributed by atoms with Crippen molar-refractivity contribution in [1.29, 1.82) is 0 Å². The molecule has 0 radical (unpaired) electrons. The van der Waals surface area contributed by atoms with E-state index in [-0.39, 0.29) is 0 Å². The van der Waals surface area contributed by atoms with Gasteiger partial charge < -0.3 is 9.84 Å². The molecule has 1 atom stereocenters. The minimum absolute atomic E-state index is 0.328. The fourth-order valence-corrected chi connectivity index (χ4v) is 1.62. The number of aliphatic hydroxyl groups is 1. The highest BCUT2D eigenvalue weighted by Gasteiger charge is 2.07. The fraction of sp³-hybridized carbons (Fsp3) is 0.308. The van der Waals surface area contributed by atoms with E-state index in [4.69, 9.17) is 4.74 Å². The van der Waals surface area contributed by atoms with Crippen LogP contribution in [0.5, 0.6) is 0 Å². The number of pyridine rings is 1. The Hall–Kier alpha value is -1.45. The van der Waals surface area contributed by atoms with E-state index in [9.17, 15) is 5.11 Å². The van der Waals surface area contributed by atoms with Crippen LogP contribution in [0.2, 0.25) is 0 Å². The Balaban J connectivity index is 2.25. The van der Waals surface area contributed by atoms with Gasteiger partial charge in [0.2, 0.25) is 0 Å². The molecule has 0 saturated carbocycles. The number of aliphatic hydroxyl groups excluding tert-OH is 1. The first-order valence-electron chi connectivity index (χ1n) is 5.41. The summed E-state index contributed by atoms with van der Waals surface area (Å²) in [7, 11) is 0. The zero-order valence-electron chi connectivity index (χ0n) is 9.26. The van der Waals surface area contributed by atoms with Crippen molar-refractivity contribution in [1.82, 2.24) is 4.98 Å². The van der Waals surface area contributed by atoms with E-state index < -0.39 is 6.10 Å². The van der Waals surface area contributed by atoms with Crippen LogP contribution in [0.4, 0.5) is 0 Å². The Morgan fingerprint density at radius 2 is 2.25 bits per heavy atom. The highest BCUT2D eigenvalue weighted by atomic mass is 16.5. The van der Waals surface area contributed by atoms with Gasteiger partial charge >= 0.3 is 0 Å². The molecule has 0 spiro atoms. The van der Waals surface area contributed by atoms with Crippen molar-refractivity contribution < 1.29 is 9.84 Å². The summed E-state index contributed by atoms with van der Waals surface area (Å²) < 4.78 is 5.19. The van der Waals surface area contributed by atoms with Gasteiger partial charge in [0.25, 0.3) is 0 Å². The van der Waals surface area contributed by atoms with Gasteiger partial charge in [-0.3, -0.25) is 4.98 Å². The molecule has 0 bridgehead atoms. The Kier molecular flexibility index (Phi) is 3.49. The molecule has 2 aromatic rings. The average molecular weight is 217 g/mol. The molecule has 2 rings (SSSR count). The number of fused-ring (bicyclic) bond motifs is 1. The minimum Gasteiger partial charge on any atom is -0.386 e. The molecule has 0 fully saturated rings. The molecule has 1 aromatic heterocycles. The van der Waals surface area contributed by atoms with E-state index in [1.54, 1.807) is 6.20 Å². The molecule has 3 nitrogen and oxygen atoms in total. The van der Waals surface area contributed by atoms with E-state index in [1.165, 1.54) is 0 Å². The van der Waals surface area contributed by atoms with Crippen molar-refractivity contribution in [3.63, 3.8) is 0 Å². The molecule has 0 aliphatic heterocycles. The smallest absolute Gasteiger partial charge is 0.102 e. The molecule has 1 N–H and O–H groups in total. The molecule has 1 heterocycles. The second kappa shape index (κ2) is 5.05. The number of benzene rings is 1. The van der Waals surface area contributed by atoms with Crippen LogP contribution in [-0.4, -0.2) is 23.3 Å². The molecular formula is C13H15NO2. The Morgan fingerprint density at radius 3 is 3.06 bits per heavy atom. The maximum Gasteiger partial charge on any atom is 0.102 e. The van der Waals surface area contributed by atoms with E-state index in [0.29, 0.717) is 13.2 Å². The summed E-state index contributed by atoms with van der Waals surface area (Å²) in [6.45, 7) is 2.85. The van der Waals surface area contributed by atoms with Crippen LogP contribution >= 0.6 is 0 Å². The number of rotatable bonds is 4. The summed E-state index contributed by atoms with van der Waals surface area (Å²) in [5, 5.41) is 10.9. The molecule has 0 saturated heterocycles. The molecule has 0 aliphatic rings. The number of hydrogen-bond acceptors (Lipinski definition) is 3. The Bertz CT molecular complexity index is 470. The van der Waals surface area contributed by atoms with Gasteiger partial charge in [0.15, 0.2) is 0 Å². The van der Waals surface area contributed by atoms with Crippen LogP contribution in [0.15, 0.2) is 36.5 Å². The van der Waals surface area contributed by atoms with Crippen LogP contribution in [0.25, 0.3) is 10.9 Å². The summed E-state index contributed by atoms with van der Waals surface area (Å²) in [5.41, 5.74) is 1.75. The Morgan fingerprint density at radius 1 is 1.38 bits per heavy atom. The van der Waals surface area contributed by atoms with Gasteiger partial charge in [-0.1, -0.05) is 18.2 Å². The summed E-state index contributed by atoms with van der Waals surface area (Å²) >= 11 is 0. The van der Waals surface area contributed by atoms with E-state index >= 15 is 0 Å². The topological polar surface area (TPSA) is 42.4 Å². The molecular weight excluding hydrogens is 202 g/mol. The largest absolute Gasteiger partial charge is 0.386 e. The van der Waals surface area contributed by atoms with Crippen LogP contribution in [0.3, 0.4) is 0 Å². The highest BCUT2D eigenvalue weighted by Crippen LogP contribution is 2.18. The van der Waals surface area contributed by atoms with Crippen molar-refractivity contribution in [3.8, 4) is 0 Å². The zero-order valence-corrected chi connectivity index (χ0v) is 9.26. The van der Waals surface area contributed by atoms with Gasteiger partial charge in [0.05, 0.1) is 12.1 Å². The summed E-state index contributed by atoms with van der Waals surface area (Å²) in [6.07, 6.45) is 1.17. The lowest BCUT2D eigenvalue weighted by molar-refractivity contribution is 0.0421. The predicted molar refractivity (Wildman–Crippen MR) is 63.2 cm³/mol. The summed E-state index contributed by atoms with van der Waals surface area (Å²) in [4.78, 5) is 4.25. The highest BCUT2D eigenvalue weighted by molar-refractivity contribution is 5.78. The average Bonchev–Trinajstić information content (AvgIpc) is 2.35. The second-order valence-corrected chi connectivity index (χ2v) is 3.63. The number of aromatic nitrogens is 1. The van der Waals surface area contributed by atoms with Gasteiger partial charge in [0.1, 0.15) is 6.10 Å². The molecule has 0 amide bonds. The molecule has 1 aromatic carbocycles. The first-order chi connectivity index (χ1) is 7.81. The maximum absolute atomic E-state index is 9.86. The molecule has 1 unspecified atom stereocenters. The molecule has 84 valence electrons. The first-order valence-corrected chi connectivity index (χ1v) is 5.41. The van der Waals surface area contributed by atoms with E-state index in [0.717, 1.165) is 16.5 Å². The van der Waals surface area contributed by atoms with Crippen molar-refractivity contribution in [3.05, 3.63) is 42.1 Å². The Labute approximate surface area is 94.7 Å². The third kappa shape index (κ3) is 2.38. The van der Waals surface area contributed by atoms with Crippen LogP contribution in [-0.2, 0) is 4.74 Å².